The number of likely N-dealkylation sites (tertiary alicyclic amines) is 1. The van der Waals surface area contributed by atoms with Crippen LogP contribution in [-0.4, -0.2) is 29.8 Å². The summed E-state index contributed by atoms with van der Waals surface area (Å²) in [6, 6.07) is 10.8. The van der Waals surface area contributed by atoms with Crippen molar-refractivity contribution in [2.75, 3.05) is 18.4 Å². The van der Waals surface area contributed by atoms with Gasteiger partial charge in [-0.05, 0) is 43.2 Å². The zero-order chi connectivity index (χ0) is 16.2. The maximum Gasteiger partial charge on any atom is 0.289 e. The highest BCUT2D eigenvalue weighted by atomic mass is 79.9. The van der Waals surface area contributed by atoms with E-state index in [4.69, 9.17) is 4.42 Å². The van der Waals surface area contributed by atoms with E-state index < -0.39 is 0 Å². The molecular weight excluding hydrogens is 360 g/mol. The first-order chi connectivity index (χ1) is 11.1. The van der Waals surface area contributed by atoms with Crippen LogP contribution in [0.25, 0.3) is 0 Å². The Hall–Kier alpha value is -2.08. The second kappa shape index (κ2) is 7.00. The fraction of sp³-hybridized carbons (Fsp3) is 0.294. The number of carbonyl (C=O) groups excluding carboxylic acids is 2. The van der Waals surface area contributed by atoms with Gasteiger partial charge in [0.05, 0.1) is 12.2 Å². The monoisotopic (exact) mass is 376 g/mol. The van der Waals surface area contributed by atoms with Gasteiger partial charge >= 0.3 is 0 Å². The van der Waals surface area contributed by atoms with E-state index in [2.05, 4.69) is 21.2 Å². The molecule has 2 aromatic rings. The minimum Gasteiger partial charge on any atom is -0.459 e. The molecule has 0 radical (unpaired) electrons. The lowest BCUT2D eigenvalue weighted by Crippen LogP contribution is -2.43. The Balaban J connectivity index is 1.64. The number of nitrogens with zero attached hydrogens (tertiary/aromatic N) is 1. The van der Waals surface area contributed by atoms with Gasteiger partial charge in [0.2, 0.25) is 5.91 Å². The molecule has 1 aliphatic heterocycles. The number of hydrogen-bond donors (Lipinski definition) is 1. The average molecular weight is 377 g/mol. The molecule has 1 aromatic heterocycles. The molecule has 2 amide bonds. The molecule has 1 saturated heterocycles. The minimum absolute atomic E-state index is 0.0555. The van der Waals surface area contributed by atoms with Gasteiger partial charge in [0, 0.05) is 23.2 Å². The Morgan fingerprint density at radius 2 is 2.13 bits per heavy atom. The molecule has 2 heterocycles. The van der Waals surface area contributed by atoms with E-state index in [1.54, 1.807) is 17.0 Å². The molecular formula is C17H17BrN2O3. The third-order valence-electron chi connectivity index (χ3n) is 3.90. The lowest BCUT2D eigenvalue weighted by molar-refractivity contribution is -0.121. The smallest absolute Gasteiger partial charge is 0.289 e. The summed E-state index contributed by atoms with van der Waals surface area (Å²) in [5, 5.41) is 2.92. The molecule has 0 spiro atoms. The van der Waals surface area contributed by atoms with Crippen LogP contribution in [0.1, 0.15) is 23.4 Å². The highest BCUT2D eigenvalue weighted by Crippen LogP contribution is 2.22. The Kier molecular flexibility index (Phi) is 4.81. The van der Waals surface area contributed by atoms with Crippen molar-refractivity contribution in [1.29, 1.82) is 0 Å². The fourth-order valence-corrected chi connectivity index (χ4v) is 3.14. The number of halogens is 1. The summed E-state index contributed by atoms with van der Waals surface area (Å²) in [4.78, 5) is 26.5. The van der Waals surface area contributed by atoms with Gasteiger partial charge in [-0.25, -0.2) is 0 Å². The number of rotatable bonds is 3. The van der Waals surface area contributed by atoms with Crippen LogP contribution in [0.4, 0.5) is 5.69 Å². The van der Waals surface area contributed by atoms with Gasteiger partial charge < -0.3 is 14.6 Å². The third kappa shape index (κ3) is 3.82. The molecule has 1 aromatic carbocycles. The topological polar surface area (TPSA) is 62.6 Å². The van der Waals surface area contributed by atoms with Gasteiger partial charge in [-0.2, -0.15) is 0 Å². The van der Waals surface area contributed by atoms with Crippen molar-refractivity contribution in [2.24, 2.45) is 5.92 Å². The molecule has 0 bridgehead atoms. The highest BCUT2D eigenvalue weighted by Gasteiger charge is 2.29. The first-order valence-corrected chi connectivity index (χ1v) is 8.32. The second-order valence-corrected chi connectivity index (χ2v) is 6.48. The first-order valence-electron chi connectivity index (χ1n) is 7.52. The summed E-state index contributed by atoms with van der Waals surface area (Å²) < 4.78 is 6.07. The standard InChI is InChI=1S/C17H17BrN2O3/c18-13-5-1-6-14(10-13)19-16(21)12-4-2-8-20(11-12)17(22)15-7-3-9-23-15/h1,3,5-7,9-10,12H,2,4,8,11H2,(H,19,21)/t12-/m1/s1. The number of anilines is 1. The molecule has 5 nitrogen and oxygen atoms in total. The van der Waals surface area contributed by atoms with Crippen LogP contribution in [0.2, 0.25) is 0 Å². The number of hydrogen-bond acceptors (Lipinski definition) is 3. The van der Waals surface area contributed by atoms with Crippen LogP contribution in [0.5, 0.6) is 0 Å². The van der Waals surface area contributed by atoms with Crippen LogP contribution in [0.3, 0.4) is 0 Å². The van der Waals surface area contributed by atoms with Crippen molar-refractivity contribution in [3.8, 4) is 0 Å². The van der Waals surface area contributed by atoms with E-state index in [9.17, 15) is 9.59 Å². The maximum absolute atomic E-state index is 12.4. The van der Waals surface area contributed by atoms with Gasteiger partial charge in [0.15, 0.2) is 5.76 Å². The van der Waals surface area contributed by atoms with Crippen LogP contribution >= 0.6 is 15.9 Å². The summed E-state index contributed by atoms with van der Waals surface area (Å²) in [6.45, 7) is 1.07. The zero-order valence-electron chi connectivity index (χ0n) is 12.5. The summed E-state index contributed by atoms with van der Waals surface area (Å²) >= 11 is 3.38. The Morgan fingerprint density at radius 1 is 1.26 bits per heavy atom. The Morgan fingerprint density at radius 3 is 2.87 bits per heavy atom. The highest BCUT2D eigenvalue weighted by molar-refractivity contribution is 9.10. The molecule has 6 heteroatoms. The van der Waals surface area contributed by atoms with E-state index in [0.717, 1.165) is 23.0 Å². The molecule has 0 aliphatic carbocycles. The minimum atomic E-state index is -0.207. The molecule has 1 fully saturated rings. The number of furan rings is 1. The Bertz CT molecular complexity index is 700. The van der Waals surface area contributed by atoms with Crippen molar-refractivity contribution in [3.63, 3.8) is 0 Å². The molecule has 1 aliphatic rings. The number of carbonyl (C=O) groups is 2. The molecule has 23 heavy (non-hydrogen) atoms. The predicted octanol–water partition coefficient (Wildman–Crippen LogP) is 3.53. The molecule has 0 saturated carbocycles. The number of amides is 2. The van der Waals surface area contributed by atoms with Gasteiger partial charge in [0.25, 0.3) is 5.91 Å². The lowest BCUT2D eigenvalue weighted by Gasteiger charge is -2.31. The van der Waals surface area contributed by atoms with Crippen LogP contribution < -0.4 is 5.32 Å². The van der Waals surface area contributed by atoms with E-state index in [-0.39, 0.29) is 17.7 Å². The lowest BCUT2D eigenvalue weighted by atomic mass is 9.96. The van der Waals surface area contributed by atoms with Crippen molar-refractivity contribution < 1.29 is 14.0 Å². The van der Waals surface area contributed by atoms with Crippen LogP contribution in [0.15, 0.2) is 51.6 Å². The van der Waals surface area contributed by atoms with Crippen molar-refractivity contribution in [2.45, 2.75) is 12.8 Å². The van der Waals surface area contributed by atoms with E-state index >= 15 is 0 Å². The molecule has 120 valence electrons. The third-order valence-corrected chi connectivity index (χ3v) is 4.40. The molecule has 0 unspecified atom stereocenters. The fourth-order valence-electron chi connectivity index (χ4n) is 2.74. The van der Waals surface area contributed by atoms with Crippen LogP contribution in [0, 0.1) is 5.92 Å². The second-order valence-electron chi connectivity index (χ2n) is 5.57. The number of piperidine rings is 1. The summed E-state index contributed by atoms with van der Waals surface area (Å²) in [7, 11) is 0. The summed E-state index contributed by atoms with van der Waals surface area (Å²) in [5.74, 6) is -0.102. The van der Waals surface area contributed by atoms with Gasteiger partial charge in [-0.1, -0.05) is 22.0 Å². The summed E-state index contributed by atoms with van der Waals surface area (Å²) in [6.07, 6.45) is 3.07. The van der Waals surface area contributed by atoms with E-state index in [1.807, 2.05) is 24.3 Å². The van der Waals surface area contributed by atoms with Gasteiger partial charge in [-0.15, -0.1) is 0 Å². The normalized spacial score (nSPS) is 17.8. The molecule has 1 atom stereocenters. The molecule has 3 rings (SSSR count). The number of benzene rings is 1. The van der Waals surface area contributed by atoms with Crippen molar-refractivity contribution in [3.05, 3.63) is 52.9 Å². The van der Waals surface area contributed by atoms with Gasteiger partial charge in [-0.3, -0.25) is 9.59 Å². The SMILES string of the molecule is O=C(Nc1cccc(Br)c1)[C@@H]1CCCN(C(=O)c2ccco2)C1. The quantitative estimate of drug-likeness (QED) is 0.890. The van der Waals surface area contributed by atoms with E-state index in [1.165, 1.54) is 6.26 Å². The largest absolute Gasteiger partial charge is 0.459 e. The maximum atomic E-state index is 12.4. The first kappa shape index (κ1) is 15.8. The van der Waals surface area contributed by atoms with Crippen molar-refractivity contribution in [1.82, 2.24) is 4.90 Å². The Labute approximate surface area is 142 Å². The van der Waals surface area contributed by atoms with E-state index in [0.29, 0.717) is 18.8 Å². The van der Waals surface area contributed by atoms with Crippen molar-refractivity contribution >= 4 is 33.4 Å². The summed E-state index contributed by atoms with van der Waals surface area (Å²) in [5.41, 5.74) is 0.749. The molecule has 1 N–H and O–H groups in total. The number of nitrogens with one attached hydrogen (secondary N) is 1. The van der Waals surface area contributed by atoms with Crippen LogP contribution in [-0.2, 0) is 4.79 Å². The zero-order valence-corrected chi connectivity index (χ0v) is 14.1. The average Bonchev–Trinajstić information content (AvgIpc) is 3.09. The predicted molar refractivity (Wildman–Crippen MR) is 90.1 cm³/mol. The van der Waals surface area contributed by atoms with Gasteiger partial charge in [0.1, 0.15) is 0 Å².